The third kappa shape index (κ3) is 4.20. The molecule has 1 heterocycles. The van der Waals surface area contributed by atoms with Crippen LogP contribution in [0.5, 0.6) is 0 Å². The van der Waals surface area contributed by atoms with Crippen LogP contribution in [0.15, 0.2) is 66.9 Å². The number of aromatic nitrogens is 2. The zero-order chi connectivity index (χ0) is 17.6. The van der Waals surface area contributed by atoms with E-state index >= 15 is 0 Å². The van der Waals surface area contributed by atoms with E-state index in [0.717, 1.165) is 11.3 Å². The van der Waals surface area contributed by atoms with Gasteiger partial charge < -0.3 is 10.2 Å². The van der Waals surface area contributed by atoms with Crippen LogP contribution in [0.2, 0.25) is 0 Å². The highest BCUT2D eigenvalue weighted by molar-refractivity contribution is 6.04. The van der Waals surface area contributed by atoms with E-state index in [9.17, 15) is 4.79 Å². The van der Waals surface area contributed by atoms with Crippen LogP contribution < -0.4 is 10.2 Å². The summed E-state index contributed by atoms with van der Waals surface area (Å²) in [6.45, 7) is 2.66. The summed E-state index contributed by atoms with van der Waals surface area (Å²) >= 11 is 0. The Bertz CT molecular complexity index is 847. The molecule has 0 aliphatic heterocycles. The van der Waals surface area contributed by atoms with Crippen molar-refractivity contribution < 1.29 is 4.79 Å². The van der Waals surface area contributed by atoms with Crippen LogP contribution in [0.3, 0.4) is 0 Å². The Kier molecular flexibility index (Phi) is 5.04. The first-order valence-corrected chi connectivity index (χ1v) is 8.09. The quantitative estimate of drug-likeness (QED) is 0.774. The highest BCUT2D eigenvalue weighted by Crippen LogP contribution is 2.14. The topological polar surface area (TPSA) is 58.1 Å². The van der Waals surface area contributed by atoms with Crippen molar-refractivity contribution in [2.24, 2.45) is 0 Å². The zero-order valence-corrected chi connectivity index (χ0v) is 14.3. The smallest absolute Gasteiger partial charge is 0.276 e. The van der Waals surface area contributed by atoms with Crippen LogP contribution in [0.4, 0.5) is 11.6 Å². The van der Waals surface area contributed by atoms with E-state index in [2.05, 4.69) is 46.5 Å². The number of amides is 1. The second-order valence-electron chi connectivity index (χ2n) is 5.80. The molecule has 0 fully saturated rings. The molecule has 3 rings (SSSR count). The number of aryl methyl sites for hydroxylation is 1. The summed E-state index contributed by atoms with van der Waals surface area (Å²) in [6.07, 6.45) is 1.59. The largest absolute Gasteiger partial charge is 0.350 e. The first-order valence-electron chi connectivity index (χ1n) is 8.09. The van der Waals surface area contributed by atoms with Crippen LogP contribution in [-0.4, -0.2) is 22.9 Å². The number of benzene rings is 2. The lowest BCUT2D eigenvalue weighted by Gasteiger charge is -2.17. The molecule has 0 unspecified atom stereocenters. The highest BCUT2D eigenvalue weighted by atomic mass is 16.2. The lowest BCUT2D eigenvalue weighted by molar-refractivity contribution is 0.0988. The monoisotopic (exact) mass is 332 g/mol. The normalized spacial score (nSPS) is 10.3. The van der Waals surface area contributed by atoms with Gasteiger partial charge >= 0.3 is 0 Å². The van der Waals surface area contributed by atoms with Crippen LogP contribution in [-0.2, 0) is 6.54 Å². The summed E-state index contributed by atoms with van der Waals surface area (Å²) in [5, 5.41) is 3.16. The van der Waals surface area contributed by atoms with E-state index in [0.29, 0.717) is 18.2 Å². The Morgan fingerprint density at radius 3 is 2.48 bits per heavy atom. The number of anilines is 2. The number of carbonyl (C=O) groups is 1. The maximum absolute atomic E-state index is 12.6. The van der Waals surface area contributed by atoms with Gasteiger partial charge in [-0.25, -0.2) is 9.97 Å². The second kappa shape index (κ2) is 7.57. The van der Waals surface area contributed by atoms with Crippen molar-refractivity contribution in [3.05, 3.63) is 83.7 Å². The van der Waals surface area contributed by atoms with Crippen LogP contribution in [0, 0.1) is 6.92 Å². The predicted octanol–water partition coefficient (Wildman–Crippen LogP) is 3.67. The van der Waals surface area contributed by atoms with E-state index in [4.69, 9.17) is 0 Å². The number of hydrogen-bond donors (Lipinski definition) is 1. The summed E-state index contributed by atoms with van der Waals surface area (Å²) in [4.78, 5) is 22.7. The summed E-state index contributed by atoms with van der Waals surface area (Å²) in [5.74, 6) is 0.264. The highest BCUT2D eigenvalue weighted by Gasteiger charge is 2.15. The van der Waals surface area contributed by atoms with Crippen LogP contribution in [0.1, 0.15) is 21.6 Å². The average molecular weight is 332 g/mol. The van der Waals surface area contributed by atoms with E-state index in [1.807, 2.05) is 30.3 Å². The number of para-hydroxylation sites is 1. The van der Waals surface area contributed by atoms with Crippen molar-refractivity contribution in [3.63, 3.8) is 0 Å². The molecule has 0 radical (unpaired) electrons. The van der Waals surface area contributed by atoms with Gasteiger partial charge in [0.25, 0.3) is 5.91 Å². The molecule has 0 atom stereocenters. The number of carbonyl (C=O) groups excluding carboxylic acids is 1. The van der Waals surface area contributed by atoms with Gasteiger partial charge in [0.15, 0.2) is 0 Å². The van der Waals surface area contributed by atoms with Crippen molar-refractivity contribution in [2.45, 2.75) is 13.5 Å². The Morgan fingerprint density at radius 2 is 1.76 bits per heavy atom. The molecule has 1 N–H and O–H groups in total. The average Bonchev–Trinajstić information content (AvgIpc) is 2.67. The molecule has 126 valence electrons. The fraction of sp³-hybridized carbons (Fsp3) is 0.150. The van der Waals surface area contributed by atoms with Gasteiger partial charge in [-0.3, -0.25) is 4.79 Å². The standard InChI is InChI=1S/C20H20N4O/c1-15-8-10-16(11-9-15)14-22-20-21-13-12-18(23-20)19(25)24(2)17-6-4-3-5-7-17/h3-13H,14H2,1-2H3,(H,21,22,23). The van der Waals surface area contributed by atoms with E-state index in [-0.39, 0.29) is 5.91 Å². The van der Waals surface area contributed by atoms with Crippen LogP contribution in [0.25, 0.3) is 0 Å². The molecule has 0 aliphatic carbocycles. The Labute approximate surface area is 147 Å². The van der Waals surface area contributed by atoms with Gasteiger partial charge in [-0.2, -0.15) is 0 Å². The minimum absolute atomic E-state index is 0.174. The first-order chi connectivity index (χ1) is 12.1. The minimum Gasteiger partial charge on any atom is -0.350 e. The molecular formula is C20H20N4O. The number of nitrogens with zero attached hydrogens (tertiary/aromatic N) is 3. The minimum atomic E-state index is -0.174. The molecule has 25 heavy (non-hydrogen) atoms. The van der Waals surface area contributed by atoms with Gasteiger partial charge in [-0.05, 0) is 30.7 Å². The molecule has 2 aromatic carbocycles. The molecule has 5 nitrogen and oxygen atoms in total. The van der Waals surface area contributed by atoms with Crippen molar-refractivity contribution in [1.82, 2.24) is 9.97 Å². The van der Waals surface area contributed by atoms with E-state index in [1.165, 1.54) is 5.56 Å². The van der Waals surface area contributed by atoms with Crippen molar-refractivity contribution in [3.8, 4) is 0 Å². The molecule has 1 amide bonds. The number of rotatable bonds is 5. The third-order valence-electron chi connectivity index (χ3n) is 3.89. The molecule has 3 aromatic rings. The molecule has 0 aliphatic rings. The Morgan fingerprint density at radius 1 is 1.04 bits per heavy atom. The molecule has 1 aromatic heterocycles. The van der Waals surface area contributed by atoms with Crippen LogP contribution >= 0.6 is 0 Å². The van der Waals surface area contributed by atoms with Crippen molar-refractivity contribution in [1.29, 1.82) is 0 Å². The molecule has 0 saturated carbocycles. The molecule has 0 saturated heterocycles. The van der Waals surface area contributed by atoms with E-state index in [1.54, 1.807) is 24.2 Å². The van der Waals surface area contributed by atoms with Gasteiger partial charge in [0.1, 0.15) is 5.69 Å². The third-order valence-corrected chi connectivity index (χ3v) is 3.89. The van der Waals surface area contributed by atoms with Crippen molar-refractivity contribution >= 4 is 17.5 Å². The fourth-order valence-electron chi connectivity index (χ4n) is 2.39. The maximum Gasteiger partial charge on any atom is 0.276 e. The molecule has 0 spiro atoms. The first kappa shape index (κ1) is 16.6. The second-order valence-corrected chi connectivity index (χ2v) is 5.80. The number of hydrogen-bond acceptors (Lipinski definition) is 4. The Hall–Kier alpha value is -3.21. The lowest BCUT2D eigenvalue weighted by atomic mass is 10.1. The Balaban J connectivity index is 1.70. The molecule has 0 bridgehead atoms. The summed E-state index contributed by atoms with van der Waals surface area (Å²) in [7, 11) is 1.74. The van der Waals surface area contributed by atoms with Crippen molar-refractivity contribution in [2.75, 3.05) is 17.3 Å². The molecule has 5 heteroatoms. The van der Waals surface area contributed by atoms with Gasteiger partial charge in [0.05, 0.1) is 0 Å². The summed E-state index contributed by atoms with van der Waals surface area (Å²) in [5.41, 5.74) is 3.52. The van der Waals surface area contributed by atoms with Gasteiger partial charge in [0.2, 0.25) is 5.95 Å². The zero-order valence-electron chi connectivity index (χ0n) is 14.3. The SMILES string of the molecule is Cc1ccc(CNc2nccc(C(=O)N(C)c3ccccc3)n2)cc1. The number of nitrogens with one attached hydrogen (secondary N) is 1. The maximum atomic E-state index is 12.6. The van der Waals surface area contributed by atoms with E-state index < -0.39 is 0 Å². The summed E-state index contributed by atoms with van der Waals surface area (Å²) < 4.78 is 0. The fourth-order valence-corrected chi connectivity index (χ4v) is 2.39. The van der Waals surface area contributed by atoms with Gasteiger partial charge in [-0.1, -0.05) is 48.0 Å². The lowest BCUT2D eigenvalue weighted by Crippen LogP contribution is -2.27. The van der Waals surface area contributed by atoms with Gasteiger partial charge in [-0.15, -0.1) is 0 Å². The predicted molar refractivity (Wildman–Crippen MR) is 99.7 cm³/mol. The summed E-state index contributed by atoms with van der Waals surface area (Å²) in [6, 6.07) is 19.3. The molecular weight excluding hydrogens is 312 g/mol. The van der Waals surface area contributed by atoms with Gasteiger partial charge in [0, 0.05) is 25.5 Å².